The Bertz CT molecular complexity index is 889. The van der Waals surface area contributed by atoms with Crippen LogP contribution in [0, 0.1) is 28.6 Å². The van der Waals surface area contributed by atoms with Crippen molar-refractivity contribution in [1.82, 2.24) is 0 Å². The number of esters is 1. The number of cyclic esters (lactones) is 1. The quantitative estimate of drug-likeness (QED) is 0.514. The highest BCUT2D eigenvalue weighted by atomic mass is 16.7. The van der Waals surface area contributed by atoms with Crippen molar-refractivity contribution < 1.29 is 23.8 Å². The first-order chi connectivity index (χ1) is 13.3. The van der Waals surface area contributed by atoms with Gasteiger partial charge in [-0.1, -0.05) is 27.2 Å². The summed E-state index contributed by atoms with van der Waals surface area (Å²) in [7, 11) is 0. The molecule has 5 heteroatoms. The number of rotatable bonds is 1. The van der Waals surface area contributed by atoms with Gasteiger partial charge in [0, 0.05) is 22.3 Å². The van der Waals surface area contributed by atoms with Crippen LogP contribution in [0.15, 0.2) is 11.1 Å². The van der Waals surface area contributed by atoms with E-state index in [0.717, 1.165) is 44.1 Å². The lowest BCUT2D eigenvalue weighted by atomic mass is 9.43. The molecule has 0 radical (unpaired) electrons. The van der Waals surface area contributed by atoms with E-state index in [2.05, 4.69) is 20.8 Å². The summed E-state index contributed by atoms with van der Waals surface area (Å²) in [6.45, 7) is 7.16. The Balaban J connectivity index is 1.40. The van der Waals surface area contributed by atoms with Crippen LogP contribution in [-0.4, -0.2) is 41.8 Å². The summed E-state index contributed by atoms with van der Waals surface area (Å²) in [5, 5.41) is 0. The molecular weight excluding hydrogens is 356 g/mol. The Kier molecular flexibility index (Phi) is 2.63. The Hall–Kier alpha value is -1.20. The van der Waals surface area contributed by atoms with Crippen LogP contribution in [0.5, 0.6) is 0 Å². The van der Waals surface area contributed by atoms with Crippen LogP contribution in [0.2, 0.25) is 0 Å². The number of epoxide rings is 2. The predicted octanol–water partition coefficient (Wildman–Crippen LogP) is 2.96. The van der Waals surface area contributed by atoms with Gasteiger partial charge in [0.2, 0.25) is 0 Å². The van der Waals surface area contributed by atoms with E-state index in [0.29, 0.717) is 24.2 Å². The predicted molar refractivity (Wildman–Crippen MR) is 98.3 cm³/mol. The zero-order valence-electron chi connectivity index (χ0n) is 16.9. The average Bonchev–Trinajstić information content (AvgIpc) is 3.49. The zero-order valence-corrected chi connectivity index (χ0v) is 16.9. The fourth-order valence-corrected chi connectivity index (χ4v) is 8.93. The standard InChI is InChI=1S/C23H28O5/c1-11(2)21-7-4-5-14(21)17-23(28-17)20(3)8-6-12-13(10-26-18(12)24)15(20)9-16-22(23,27-16)19(21)25/h11,14-17H,4-10H2,1-3H3/t14-,15-,16-,17-,20-,21+,22+,23+/m0/s1. The van der Waals surface area contributed by atoms with Gasteiger partial charge in [-0.05, 0) is 49.5 Å². The number of fused-ring (bicyclic) bond motifs is 4. The molecule has 0 unspecified atom stereocenters. The second-order valence-corrected chi connectivity index (χ2v) is 10.9. The lowest BCUT2D eigenvalue weighted by molar-refractivity contribution is -0.151. The first kappa shape index (κ1) is 16.6. The largest absolute Gasteiger partial charge is 0.458 e. The molecule has 0 aromatic carbocycles. The second-order valence-electron chi connectivity index (χ2n) is 10.9. The minimum absolute atomic E-state index is 0.0530. The van der Waals surface area contributed by atoms with Gasteiger partial charge in [-0.15, -0.1) is 0 Å². The normalized spacial score (nSPS) is 57.7. The van der Waals surface area contributed by atoms with Crippen molar-refractivity contribution in [2.75, 3.05) is 6.61 Å². The maximum atomic E-state index is 14.2. The van der Waals surface area contributed by atoms with E-state index in [4.69, 9.17) is 14.2 Å². The third-order valence-electron chi connectivity index (χ3n) is 10.2. The fourth-order valence-electron chi connectivity index (χ4n) is 8.93. The lowest BCUT2D eigenvalue weighted by Crippen LogP contribution is -2.69. The minimum atomic E-state index is -0.727. The van der Waals surface area contributed by atoms with E-state index in [-0.39, 0.29) is 34.9 Å². The van der Waals surface area contributed by atoms with Crippen LogP contribution >= 0.6 is 0 Å². The molecule has 0 aromatic rings. The molecule has 150 valence electrons. The summed E-state index contributed by atoms with van der Waals surface area (Å²) in [4.78, 5) is 26.4. The van der Waals surface area contributed by atoms with Gasteiger partial charge in [0.1, 0.15) is 12.2 Å². The molecule has 4 aliphatic carbocycles. The highest BCUT2D eigenvalue weighted by molar-refractivity contribution is 6.01. The van der Waals surface area contributed by atoms with E-state index in [1.165, 1.54) is 5.57 Å². The van der Waals surface area contributed by atoms with Gasteiger partial charge in [-0.2, -0.15) is 0 Å². The number of carbonyl (C=O) groups excluding carboxylic acids is 2. The summed E-state index contributed by atoms with van der Waals surface area (Å²) < 4.78 is 18.5. The van der Waals surface area contributed by atoms with Crippen molar-refractivity contribution in [1.29, 1.82) is 0 Å². The highest BCUT2D eigenvalue weighted by Gasteiger charge is 2.96. The maximum absolute atomic E-state index is 14.2. The lowest BCUT2D eigenvalue weighted by Gasteiger charge is -2.55. The molecule has 8 atom stereocenters. The molecule has 2 spiro atoms. The smallest absolute Gasteiger partial charge is 0.334 e. The third kappa shape index (κ3) is 1.33. The molecule has 5 fully saturated rings. The summed E-state index contributed by atoms with van der Waals surface area (Å²) in [6, 6.07) is 0. The van der Waals surface area contributed by atoms with E-state index < -0.39 is 11.2 Å². The van der Waals surface area contributed by atoms with Crippen LogP contribution in [0.4, 0.5) is 0 Å². The van der Waals surface area contributed by atoms with Crippen molar-refractivity contribution in [3.63, 3.8) is 0 Å². The maximum Gasteiger partial charge on any atom is 0.334 e. The molecule has 0 aromatic heterocycles. The van der Waals surface area contributed by atoms with Gasteiger partial charge >= 0.3 is 5.97 Å². The monoisotopic (exact) mass is 384 g/mol. The Morgan fingerprint density at radius 2 is 1.96 bits per heavy atom. The van der Waals surface area contributed by atoms with Crippen molar-refractivity contribution >= 4 is 11.8 Å². The number of hydrogen-bond donors (Lipinski definition) is 0. The van der Waals surface area contributed by atoms with Crippen LogP contribution in [0.3, 0.4) is 0 Å². The van der Waals surface area contributed by atoms with Gasteiger partial charge in [-0.3, -0.25) is 4.79 Å². The molecule has 0 N–H and O–H groups in total. The van der Waals surface area contributed by atoms with Gasteiger partial charge < -0.3 is 14.2 Å². The first-order valence-corrected chi connectivity index (χ1v) is 11.1. The number of Topliss-reactive ketones (excluding diaryl/α,β-unsaturated/α-hetero) is 1. The molecule has 3 heterocycles. The number of ketones is 1. The van der Waals surface area contributed by atoms with Gasteiger partial charge in [0.25, 0.3) is 0 Å². The molecule has 2 saturated heterocycles. The number of carbonyl (C=O) groups is 2. The number of ether oxygens (including phenoxy) is 3. The van der Waals surface area contributed by atoms with E-state index >= 15 is 0 Å². The number of hydrogen-bond acceptors (Lipinski definition) is 5. The van der Waals surface area contributed by atoms with Gasteiger partial charge in [-0.25, -0.2) is 4.79 Å². The average molecular weight is 384 g/mol. The first-order valence-electron chi connectivity index (χ1n) is 11.1. The summed E-state index contributed by atoms with van der Waals surface area (Å²) >= 11 is 0. The second kappa shape index (κ2) is 4.44. The molecule has 0 amide bonds. The van der Waals surface area contributed by atoms with E-state index in [1.54, 1.807) is 0 Å². The molecule has 0 bridgehead atoms. The molecule has 7 aliphatic rings. The Morgan fingerprint density at radius 1 is 1.14 bits per heavy atom. The van der Waals surface area contributed by atoms with Gasteiger partial charge in [0.15, 0.2) is 11.4 Å². The van der Waals surface area contributed by atoms with Crippen molar-refractivity contribution in [2.24, 2.45) is 28.6 Å². The third-order valence-corrected chi connectivity index (χ3v) is 10.2. The summed E-state index contributed by atoms with van der Waals surface area (Å²) in [5.41, 5.74) is 0.431. The molecule has 3 aliphatic heterocycles. The van der Waals surface area contributed by atoms with E-state index in [1.807, 2.05) is 0 Å². The Labute approximate surface area is 165 Å². The van der Waals surface area contributed by atoms with Crippen LogP contribution in [0.1, 0.15) is 59.3 Å². The van der Waals surface area contributed by atoms with Crippen LogP contribution in [-0.2, 0) is 23.8 Å². The summed E-state index contributed by atoms with van der Waals surface area (Å²) in [6.07, 6.45) is 5.73. The molecule has 7 rings (SSSR count). The summed E-state index contributed by atoms with van der Waals surface area (Å²) in [5.74, 6) is 1.10. The van der Waals surface area contributed by atoms with Crippen molar-refractivity contribution in [3.05, 3.63) is 11.1 Å². The SMILES string of the molecule is CC(C)[C@]12CCC[C@H]1[C@@H]1O[C@@]13[C@@]1(C)CCC4=C(COC4=O)[C@@H]1C[C@@H]1O[C@@]13C2=O. The minimum Gasteiger partial charge on any atom is -0.458 e. The topological polar surface area (TPSA) is 68.4 Å². The molecular formula is C23H28O5. The van der Waals surface area contributed by atoms with Gasteiger partial charge in [0.05, 0.1) is 12.2 Å². The molecule has 3 saturated carbocycles. The fraction of sp³-hybridized carbons (Fsp3) is 0.826. The van der Waals surface area contributed by atoms with Crippen molar-refractivity contribution in [2.45, 2.75) is 82.7 Å². The Morgan fingerprint density at radius 3 is 2.75 bits per heavy atom. The van der Waals surface area contributed by atoms with Crippen LogP contribution < -0.4 is 0 Å². The van der Waals surface area contributed by atoms with E-state index in [9.17, 15) is 9.59 Å². The highest BCUT2D eigenvalue weighted by Crippen LogP contribution is 2.82. The molecule has 5 nitrogen and oxygen atoms in total. The zero-order chi connectivity index (χ0) is 19.3. The molecule has 28 heavy (non-hydrogen) atoms. The van der Waals surface area contributed by atoms with Crippen molar-refractivity contribution in [3.8, 4) is 0 Å². The van der Waals surface area contributed by atoms with Crippen LogP contribution in [0.25, 0.3) is 0 Å².